The highest BCUT2D eigenvalue weighted by molar-refractivity contribution is 5.76. The number of hydrogen-bond acceptors (Lipinski definition) is 7. The van der Waals surface area contributed by atoms with Gasteiger partial charge >= 0.3 is 0 Å². The van der Waals surface area contributed by atoms with Gasteiger partial charge in [-0.15, -0.1) is 5.10 Å². The topological polar surface area (TPSA) is 89.1 Å². The SMILES string of the molecule is COc1ccc(-c2cnnc(N3CCC[C@@H]3c3nc4ccc(C)cc4[nH]3)n2)c(OC)c1. The summed E-state index contributed by atoms with van der Waals surface area (Å²) in [5.41, 5.74) is 4.78. The number of fused-ring (bicyclic) bond motifs is 1. The van der Waals surface area contributed by atoms with Gasteiger partial charge in [-0.05, 0) is 49.6 Å². The molecule has 1 aliphatic rings. The summed E-state index contributed by atoms with van der Waals surface area (Å²) < 4.78 is 10.8. The van der Waals surface area contributed by atoms with Gasteiger partial charge < -0.3 is 19.4 Å². The number of nitrogens with one attached hydrogen (secondary N) is 1. The first-order valence-corrected chi connectivity index (χ1v) is 10.3. The Morgan fingerprint density at radius 2 is 1.97 bits per heavy atom. The lowest BCUT2D eigenvalue weighted by Crippen LogP contribution is -2.26. The van der Waals surface area contributed by atoms with Crippen LogP contribution in [0, 0.1) is 6.92 Å². The molecule has 3 heterocycles. The molecular formula is C23H24N6O2. The molecule has 0 saturated carbocycles. The Bertz CT molecular complexity index is 1240. The number of aromatic nitrogens is 5. The van der Waals surface area contributed by atoms with Crippen LogP contribution < -0.4 is 14.4 Å². The molecule has 8 heteroatoms. The monoisotopic (exact) mass is 416 g/mol. The number of ether oxygens (including phenoxy) is 2. The van der Waals surface area contributed by atoms with E-state index in [1.165, 1.54) is 5.56 Å². The minimum absolute atomic E-state index is 0.0857. The number of H-pyrrole nitrogens is 1. The third-order valence-corrected chi connectivity index (χ3v) is 5.71. The fourth-order valence-corrected chi connectivity index (χ4v) is 4.15. The van der Waals surface area contributed by atoms with Gasteiger partial charge in [0.05, 0.1) is 43.2 Å². The molecule has 0 aliphatic carbocycles. The average Bonchev–Trinajstić information content (AvgIpc) is 3.45. The number of rotatable bonds is 5. The quantitative estimate of drug-likeness (QED) is 0.524. The van der Waals surface area contributed by atoms with E-state index in [2.05, 4.69) is 45.2 Å². The van der Waals surface area contributed by atoms with E-state index >= 15 is 0 Å². The predicted octanol–water partition coefficient (Wildman–Crippen LogP) is 4.08. The molecule has 4 aromatic rings. The third kappa shape index (κ3) is 3.54. The van der Waals surface area contributed by atoms with Crippen molar-refractivity contribution >= 4 is 17.0 Å². The van der Waals surface area contributed by atoms with Crippen LogP contribution in [0.1, 0.15) is 30.3 Å². The Balaban J connectivity index is 1.50. The van der Waals surface area contributed by atoms with Crippen LogP contribution in [0.2, 0.25) is 0 Å². The van der Waals surface area contributed by atoms with E-state index in [9.17, 15) is 0 Å². The van der Waals surface area contributed by atoms with Crippen LogP contribution >= 0.6 is 0 Å². The van der Waals surface area contributed by atoms with Gasteiger partial charge in [-0.2, -0.15) is 5.10 Å². The number of imidazole rings is 1. The highest BCUT2D eigenvalue weighted by Crippen LogP contribution is 2.36. The van der Waals surface area contributed by atoms with Crippen molar-refractivity contribution in [3.63, 3.8) is 0 Å². The summed E-state index contributed by atoms with van der Waals surface area (Å²) in [7, 11) is 3.26. The first-order chi connectivity index (χ1) is 15.2. The van der Waals surface area contributed by atoms with Crippen LogP contribution in [0.3, 0.4) is 0 Å². The number of anilines is 1. The van der Waals surface area contributed by atoms with E-state index in [1.54, 1.807) is 20.4 Å². The van der Waals surface area contributed by atoms with E-state index < -0.39 is 0 Å². The summed E-state index contributed by atoms with van der Waals surface area (Å²) in [5, 5.41) is 8.57. The van der Waals surface area contributed by atoms with E-state index in [4.69, 9.17) is 19.4 Å². The lowest BCUT2D eigenvalue weighted by atomic mass is 10.1. The van der Waals surface area contributed by atoms with Gasteiger partial charge in [0.1, 0.15) is 17.3 Å². The second-order valence-electron chi connectivity index (χ2n) is 7.70. The third-order valence-electron chi connectivity index (χ3n) is 5.71. The van der Waals surface area contributed by atoms with Crippen molar-refractivity contribution in [3.8, 4) is 22.8 Å². The van der Waals surface area contributed by atoms with Crippen LogP contribution in [-0.4, -0.2) is 45.9 Å². The minimum Gasteiger partial charge on any atom is -0.497 e. The van der Waals surface area contributed by atoms with Crippen molar-refractivity contribution in [3.05, 3.63) is 54.0 Å². The Labute approximate surface area is 180 Å². The van der Waals surface area contributed by atoms with Crippen LogP contribution in [0.15, 0.2) is 42.6 Å². The highest BCUT2D eigenvalue weighted by Gasteiger charge is 2.31. The number of aromatic amines is 1. The van der Waals surface area contributed by atoms with E-state index in [0.717, 1.165) is 47.6 Å². The molecule has 0 bridgehead atoms. The Morgan fingerprint density at radius 3 is 2.81 bits per heavy atom. The van der Waals surface area contributed by atoms with Gasteiger partial charge in [0, 0.05) is 18.2 Å². The van der Waals surface area contributed by atoms with Crippen molar-refractivity contribution in [1.82, 2.24) is 25.1 Å². The van der Waals surface area contributed by atoms with Crippen LogP contribution in [0.25, 0.3) is 22.3 Å². The molecule has 158 valence electrons. The molecule has 0 unspecified atom stereocenters. The molecule has 1 saturated heterocycles. The number of methoxy groups -OCH3 is 2. The summed E-state index contributed by atoms with van der Waals surface area (Å²) in [4.78, 5) is 15.3. The molecule has 5 rings (SSSR count). The zero-order chi connectivity index (χ0) is 21.4. The van der Waals surface area contributed by atoms with Crippen LogP contribution in [0.5, 0.6) is 11.5 Å². The standard InChI is InChI=1S/C23H24N6O2/c1-14-6-9-17-18(11-14)26-22(25-17)20-5-4-10-29(20)23-27-19(13-24-28-23)16-8-7-15(30-2)12-21(16)31-3/h6-9,11-13,20H,4-5,10H2,1-3H3,(H,25,26)/t20-/m1/s1. The zero-order valence-corrected chi connectivity index (χ0v) is 17.8. The molecule has 0 radical (unpaired) electrons. The summed E-state index contributed by atoms with van der Waals surface area (Å²) >= 11 is 0. The van der Waals surface area contributed by atoms with Gasteiger partial charge in [-0.1, -0.05) is 6.07 Å². The maximum atomic E-state index is 5.54. The summed E-state index contributed by atoms with van der Waals surface area (Å²) in [6.45, 7) is 2.94. The van der Waals surface area contributed by atoms with Gasteiger partial charge in [-0.3, -0.25) is 0 Å². The molecule has 1 atom stereocenters. The van der Waals surface area contributed by atoms with Crippen LogP contribution in [-0.2, 0) is 0 Å². The second kappa shape index (κ2) is 7.86. The molecule has 8 nitrogen and oxygen atoms in total. The van der Waals surface area contributed by atoms with Crippen molar-refractivity contribution in [2.24, 2.45) is 0 Å². The number of hydrogen-bond donors (Lipinski definition) is 1. The summed E-state index contributed by atoms with van der Waals surface area (Å²) in [5.74, 6) is 2.93. The zero-order valence-electron chi connectivity index (χ0n) is 17.8. The Kier molecular flexibility index (Phi) is 4.89. The minimum atomic E-state index is 0.0857. The first-order valence-electron chi connectivity index (χ1n) is 10.3. The fourth-order valence-electron chi connectivity index (χ4n) is 4.15. The smallest absolute Gasteiger partial charge is 0.246 e. The van der Waals surface area contributed by atoms with Gasteiger partial charge in [0.25, 0.3) is 0 Å². The van der Waals surface area contributed by atoms with Crippen molar-refractivity contribution in [2.45, 2.75) is 25.8 Å². The van der Waals surface area contributed by atoms with Crippen molar-refractivity contribution in [2.75, 3.05) is 25.7 Å². The number of aryl methyl sites for hydroxylation is 1. The molecule has 2 aromatic heterocycles. The lowest BCUT2D eigenvalue weighted by Gasteiger charge is -2.23. The van der Waals surface area contributed by atoms with Gasteiger partial charge in [-0.25, -0.2) is 9.97 Å². The number of nitrogens with zero attached hydrogens (tertiary/aromatic N) is 5. The maximum absolute atomic E-state index is 5.54. The van der Waals surface area contributed by atoms with Crippen molar-refractivity contribution in [1.29, 1.82) is 0 Å². The molecule has 0 spiro atoms. The number of benzene rings is 2. The molecule has 2 aromatic carbocycles. The molecule has 1 N–H and O–H groups in total. The van der Waals surface area contributed by atoms with E-state index in [-0.39, 0.29) is 6.04 Å². The molecule has 1 fully saturated rings. The fraction of sp³-hybridized carbons (Fsp3) is 0.304. The average molecular weight is 416 g/mol. The van der Waals surface area contributed by atoms with E-state index in [1.807, 2.05) is 18.2 Å². The normalized spacial score (nSPS) is 16.1. The predicted molar refractivity (Wildman–Crippen MR) is 119 cm³/mol. The summed E-state index contributed by atoms with van der Waals surface area (Å²) in [6, 6.07) is 12.0. The summed E-state index contributed by atoms with van der Waals surface area (Å²) in [6.07, 6.45) is 3.68. The lowest BCUT2D eigenvalue weighted by molar-refractivity contribution is 0.395. The van der Waals surface area contributed by atoms with E-state index in [0.29, 0.717) is 17.4 Å². The first kappa shape index (κ1) is 19.3. The van der Waals surface area contributed by atoms with Crippen LogP contribution in [0.4, 0.5) is 5.95 Å². The Morgan fingerprint density at radius 1 is 1.06 bits per heavy atom. The molecule has 0 amide bonds. The molecular weight excluding hydrogens is 392 g/mol. The van der Waals surface area contributed by atoms with Gasteiger partial charge in [0.15, 0.2) is 0 Å². The molecule has 1 aliphatic heterocycles. The highest BCUT2D eigenvalue weighted by atomic mass is 16.5. The van der Waals surface area contributed by atoms with Crippen molar-refractivity contribution < 1.29 is 9.47 Å². The van der Waals surface area contributed by atoms with Gasteiger partial charge in [0.2, 0.25) is 5.95 Å². The Hall–Kier alpha value is -3.68. The molecule has 31 heavy (non-hydrogen) atoms. The second-order valence-corrected chi connectivity index (χ2v) is 7.70. The largest absolute Gasteiger partial charge is 0.497 e. The maximum Gasteiger partial charge on any atom is 0.246 e.